The average Bonchev–Trinajstić information content (AvgIpc) is 2.14. The minimum atomic E-state index is 0.472. The van der Waals surface area contributed by atoms with Crippen LogP contribution in [-0.4, -0.2) is 18.2 Å². The summed E-state index contributed by atoms with van der Waals surface area (Å²) in [5.41, 5.74) is 0. The van der Waals surface area contributed by atoms with E-state index in [0.29, 0.717) is 5.88 Å². The molecule has 0 bridgehead atoms. The molecule has 3 nitrogen and oxygen atoms in total. The lowest BCUT2D eigenvalue weighted by atomic mass is 10.5. The van der Waals surface area contributed by atoms with Gasteiger partial charge in [0.15, 0.2) is 5.88 Å². The number of nitrogens with one attached hydrogen (secondary N) is 1. The molecule has 1 N–H and O–H groups in total. The summed E-state index contributed by atoms with van der Waals surface area (Å²) in [6.45, 7) is 0. The molecule has 2 radical (unpaired) electrons. The lowest BCUT2D eigenvalue weighted by Crippen LogP contribution is -1.82. The van der Waals surface area contributed by atoms with Crippen molar-refractivity contribution < 1.29 is 4.65 Å². The van der Waals surface area contributed by atoms with Gasteiger partial charge >= 0.3 is 8.05 Å². The Kier molecular flexibility index (Phi) is 1.02. The summed E-state index contributed by atoms with van der Waals surface area (Å²) in [5, 5.41) is 6.05. The number of hydrogen-bond donors (Lipinski definition) is 1. The maximum atomic E-state index is 4.72. The summed E-state index contributed by atoms with van der Waals surface area (Å²) in [4.78, 5) is 0. The molecule has 1 rings (SSSR count). The minimum Gasteiger partial charge on any atom is -0.555 e. The van der Waals surface area contributed by atoms with Crippen LogP contribution >= 0.6 is 0 Å². The van der Waals surface area contributed by atoms with Gasteiger partial charge in [-0.3, -0.25) is 0 Å². The van der Waals surface area contributed by atoms with Crippen LogP contribution in [0, 0.1) is 0 Å². The number of H-pyrrole nitrogens is 1. The summed E-state index contributed by atoms with van der Waals surface area (Å²) in [6.07, 6.45) is 1.56. The fourth-order valence-electron chi connectivity index (χ4n) is 0.309. The van der Waals surface area contributed by atoms with Crippen molar-refractivity contribution in [1.82, 2.24) is 10.2 Å². The molecule has 0 spiro atoms. The summed E-state index contributed by atoms with van der Waals surface area (Å²) in [7, 11) is 4.72. The quantitative estimate of drug-likeness (QED) is 0.492. The van der Waals surface area contributed by atoms with E-state index in [0.717, 1.165) is 0 Å². The van der Waals surface area contributed by atoms with Crippen molar-refractivity contribution in [1.29, 1.82) is 0 Å². The third-order valence-corrected chi connectivity index (χ3v) is 0.602. The zero-order valence-electron chi connectivity index (χ0n) is 3.59. The first-order chi connectivity index (χ1) is 3.43. The van der Waals surface area contributed by atoms with Crippen molar-refractivity contribution in [2.75, 3.05) is 0 Å². The van der Waals surface area contributed by atoms with E-state index < -0.39 is 0 Å². The normalized spacial score (nSPS) is 8.57. The van der Waals surface area contributed by atoms with E-state index in [1.165, 1.54) is 0 Å². The van der Waals surface area contributed by atoms with Gasteiger partial charge in [0.2, 0.25) is 0 Å². The summed E-state index contributed by atoms with van der Waals surface area (Å²) in [5.74, 6) is 0.472. The molecular weight excluding hydrogens is 90.9 g/mol. The minimum absolute atomic E-state index is 0.472. The van der Waals surface area contributed by atoms with Crippen LogP contribution in [0.15, 0.2) is 12.3 Å². The van der Waals surface area contributed by atoms with Gasteiger partial charge in [0.25, 0.3) is 0 Å². The Morgan fingerprint density at radius 2 is 2.71 bits per heavy atom. The molecular formula is C3H3BN2O. The molecule has 34 valence electrons. The highest BCUT2D eigenvalue weighted by Crippen LogP contribution is 1.97. The second-order valence-electron chi connectivity index (χ2n) is 1.04. The van der Waals surface area contributed by atoms with Gasteiger partial charge in [0.1, 0.15) is 0 Å². The first kappa shape index (κ1) is 4.24. The third-order valence-electron chi connectivity index (χ3n) is 0.602. The fourth-order valence-corrected chi connectivity index (χ4v) is 0.309. The first-order valence-corrected chi connectivity index (χ1v) is 1.79. The summed E-state index contributed by atoms with van der Waals surface area (Å²) >= 11 is 0. The van der Waals surface area contributed by atoms with E-state index in [4.69, 9.17) is 8.05 Å². The van der Waals surface area contributed by atoms with E-state index in [1.54, 1.807) is 12.3 Å². The number of aromatic nitrogens is 2. The number of hydrogen-bond acceptors (Lipinski definition) is 2. The Labute approximate surface area is 42.1 Å². The highest BCUT2D eigenvalue weighted by atomic mass is 16.4. The van der Waals surface area contributed by atoms with Gasteiger partial charge in [-0.2, -0.15) is 5.10 Å². The van der Waals surface area contributed by atoms with Crippen molar-refractivity contribution in [3.8, 4) is 5.88 Å². The van der Waals surface area contributed by atoms with Crippen LogP contribution in [0.1, 0.15) is 0 Å². The van der Waals surface area contributed by atoms with Crippen LogP contribution in [0.25, 0.3) is 0 Å². The largest absolute Gasteiger partial charge is 0.555 e. The molecule has 0 aliphatic carbocycles. The third kappa shape index (κ3) is 0.736. The molecule has 0 unspecified atom stereocenters. The van der Waals surface area contributed by atoms with Gasteiger partial charge in [-0.15, -0.1) is 0 Å². The molecule has 0 aliphatic rings. The van der Waals surface area contributed by atoms with Crippen LogP contribution in [0.5, 0.6) is 5.88 Å². The molecule has 0 aromatic carbocycles. The predicted molar refractivity (Wildman–Crippen MR) is 25.0 cm³/mol. The highest BCUT2D eigenvalue weighted by molar-refractivity contribution is 5.99. The Balaban J connectivity index is 2.76. The number of rotatable bonds is 1. The zero-order chi connectivity index (χ0) is 5.11. The van der Waals surface area contributed by atoms with Crippen molar-refractivity contribution in [3.05, 3.63) is 12.3 Å². The Bertz CT molecular complexity index is 127. The van der Waals surface area contributed by atoms with E-state index in [1.807, 2.05) is 0 Å². The van der Waals surface area contributed by atoms with Crippen molar-refractivity contribution in [2.24, 2.45) is 0 Å². The van der Waals surface area contributed by atoms with Gasteiger partial charge in [0, 0.05) is 6.07 Å². The molecule has 0 saturated carbocycles. The monoisotopic (exact) mass is 94.0 g/mol. The Morgan fingerprint density at radius 3 is 3.00 bits per heavy atom. The number of aromatic amines is 1. The van der Waals surface area contributed by atoms with Crippen LogP contribution in [-0.2, 0) is 0 Å². The van der Waals surface area contributed by atoms with Crippen molar-refractivity contribution >= 4 is 8.05 Å². The van der Waals surface area contributed by atoms with Gasteiger partial charge < -0.3 is 4.65 Å². The molecule has 4 heteroatoms. The van der Waals surface area contributed by atoms with Crippen molar-refractivity contribution in [2.45, 2.75) is 0 Å². The first-order valence-electron chi connectivity index (χ1n) is 1.79. The molecule has 1 aromatic heterocycles. The molecule has 7 heavy (non-hydrogen) atoms. The molecule has 0 saturated heterocycles. The highest BCUT2D eigenvalue weighted by Gasteiger charge is 1.82. The lowest BCUT2D eigenvalue weighted by molar-refractivity contribution is 0.585. The second kappa shape index (κ2) is 1.68. The molecule has 0 atom stereocenters. The Hall–Kier alpha value is -0.925. The maximum Gasteiger partial charge on any atom is 0.376 e. The van der Waals surface area contributed by atoms with E-state index >= 15 is 0 Å². The topological polar surface area (TPSA) is 37.9 Å². The number of nitrogens with zero attached hydrogens (tertiary/aromatic N) is 1. The van der Waals surface area contributed by atoms with E-state index in [-0.39, 0.29) is 0 Å². The van der Waals surface area contributed by atoms with Gasteiger partial charge in [0.05, 0.1) is 6.20 Å². The van der Waals surface area contributed by atoms with E-state index in [2.05, 4.69) is 14.9 Å². The summed E-state index contributed by atoms with van der Waals surface area (Å²) < 4.78 is 4.24. The van der Waals surface area contributed by atoms with Crippen LogP contribution in [0.3, 0.4) is 0 Å². The standard InChI is InChI=1S/C3H3BN2O/c4-7-3-1-2-5-6-3/h1-2H,(H,5,6). The van der Waals surface area contributed by atoms with Crippen molar-refractivity contribution in [3.63, 3.8) is 0 Å². The average molecular weight is 93.9 g/mol. The predicted octanol–water partition coefficient (Wildman–Crippen LogP) is -0.128. The van der Waals surface area contributed by atoms with Crippen LogP contribution < -0.4 is 4.65 Å². The smallest absolute Gasteiger partial charge is 0.376 e. The fraction of sp³-hybridized carbons (Fsp3) is 0. The molecule has 0 fully saturated rings. The summed E-state index contributed by atoms with van der Waals surface area (Å²) in [6, 6.07) is 1.62. The zero-order valence-corrected chi connectivity index (χ0v) is 3.59. The molecule has 1 aromatic rings. The van der Waals surface area contributed by atoms with Gasteiger partial charge in [-0.25, -0.2) is 5.10 Å². The SMILES string of the molecule is [B]Oc1ccn[nH]1. The molecule has 0 amide bonds. The van der Waals surface area contributed by atoms with E-state index in [9.17, 15) is 0 Å². The second-order valence-corrected chi connectivity index (χ2v) is 1.04. The Morgan fingerprint density at radius 1 is 1.86 bits per heavy atom. The van der Waals surface area contributed by atoms with Gasteiger partial charge in [-0.05, 0) is 0 Å². The molecule has 0 aliphatic heterocycles. The van der Waals surface area contributed by atoms with Gasteiger partial charge in [-0.1, -0.05) is 0 Å². The molecule has 1 heterocycles. The maximum absolute atomic E-state index is 4.72. The van der Waals surface area contributed by atoms with Crippen LogP contribution in [0.4, 0.5) is 0 Å². The lowest BCUT2D eigenvalue weighted by Gasteiger charge is -1.87. The van der Waals surface area contributed by atoms with Crippen LogP contribution in [0.2, 0.25) is 0 Å².